The van der Waals surface area contributed by atoms with Gasteiger partial charge in [0.05, 0.1) is 11.6 Å². The molecule has 1 aliphatic heterocycles. The second-order valence-corrected chi connectivity index (χ2v) is 5.59. The number of benzene rings is 1. The predicted octanol–water partition coefficient (Wildman–Crippen LogP) is 3.16. The van der Waals surface area contributed by atoms with Gasteiger partial charge in [0, 0.05) is 19.5 Å². The minimum absolute atomic E-state index is 0.0579. The van der Waals surface area contributed by atoms with Crippen molar-refractivity contribution in [2.45, 2.75) is 38.6 Å². The van der Waals surface area contributed by atoms with Crippen LogP contribution in [-0.4, -0.2) is 22.8 Å². The van der Waals surface area contributed by atoms with Crippen molar-refractivity contribution < 1.29 is 8.81 Å². The molecule has 22 heavy (non-hydrogen) atoms. The van der Waals surface area contributed by atoms with Gasteiger partial charge in [-0.2, -0.15) is 5.26 Å². The molecule has 0 aliphatic carbocycles. The first-order valence-corrected chi connectivity index (χ1v) is 7.37. The van der Waals surface area contributed by atoms with Crippen molar-refractivity contribution in [2.24, 2.45) is 0 Å². The van der Waals surface area contributed by atoms with Gasteiger partial charge in [-0.25, -0.2) is 4.39 Å². The first kappa shape index (κ1) is 14.5. The summed E-state index contributed by atoms with van der Waals surface area (Å²) in [6, 6.07) is 6.77. The van der Waals surface area contributed by atoms with Crippen molar-refractivity contribution in [3.8, 4) is 6.07 Å². The number of rotatable bonds is 2. The molecule has 3 rings (SSSR count). The molecule has 0 spiro atoms. The Morgan fingerprint density at radius 3 is 2.91 bits per heavy atom. The molecule has 1 aliphatic rings. The Balaban J connectivity index is 1.95. The summed E-state index contributed by atoms with van der Waals surface area (Å²) in [6.07, 6.45) is 1.87. The van der Waals surface area contributed by atoms with Gasteiger partial charge in [-0.1, -0.05) is 6.07 Å². The molecule has 2 heterocycles. The molecule has 5 nitrogen and oxygen atoms in total. The molecule has 1 fully saturated rings. The summed E-state index contributed by atoms with van der Waals surface area (Å²) in [4.78, 5) is 2.06. The molecule has 1 saturated heterocycles. The van der Waals surface area contributed by atoms with Crippen LogP contribution in [0.2, 0.25) is 0 Å². The maximum atomic E-state index is 13.9. The van der Waals surface area contributed by atoms with Crippen molar-refractivity contribution in [3.05, 3.63) is 41.4 Å². The van der Waals surface area contributed by atoms with Gasteiger partial charge >= 0.3 is 0 Å². The standard InChI is InChI=1S/C16H17FN4O/c1-10-12(16-20-19-11(2)22-16)5-4-8-21(10)15-7-3-6-14(17)13(15)9-18/h3,6-7,10,12H,4-5,8H2,1-2H3/t10-,12-/m0/s1. The summed E-state index contributed by atoms with van der Waals surface area (Å²) in [7, 11) is 0. The molecule has 0 saturated carbocycles. The van der Waals surface area contributed by atoms with Gasteiger partial charge in [-0.15, -0.1) is 10.2 Å². The van der Waals surface area contributed by atoms with Gasteiger partial charge in [0.2, 0.25) is 11.8 Å². The lowest BCUT2D eigenvalue weighted by Gasteiger charge is -2.40. The van der Waals surface area contributed by atoms with Crippen molar-refractivity contribution in [3.63, 3.8) is 0 Å². The number of hydrogen-bond acceptors (Lipinski definition) is 5. The van der Waals surface area contributed by atoms with E-state index in [2.05, 4.69) is 22.0 Å². The van der Waals surface area contributed by atoms with Crippen LogP contribution >= 0.6 is 0 Å². The summed E-state index contributed by atoms with van der Waals surface area (Å²) < 4.78 is 19.4. The first-order chi connectivity index (χ1) is 10.6. The minimum atomic E-state index is -0.483. The van der Waals surface area contributed by atoms with E-state index in [0.717, 1.165) is 19.4 Å². The summed E-state index contributed by atoms with van der Waals surface area (Å²) in [5.41, 5.74) is 0.729. The Hall–Kier alpha value is -2.42. The molecule has 6 heteroatoms. The summed E-state index contributed by atoms with van der Waals surface area (Å²) in [6.45, 7) is 4.60. The van der Waals surface area contributed by atoms with Gasteiger partial charge in [0.1, 0.15) is 17.4 Å². The van der Waals surface area contributed by atoms with Crippen LogP contribution in [0.3, 0.4) is 0 Å². The number of nitriles is 1. The Labute approximate surface area is 128 Å². The van der Waals surface area contributed by atoms with Crippen LogP contribution in [0.15, 0.2) is 22.6 Å². The van der Waals surface area contributed by atoms with Gasteiger partial charge in [0.25, 0.3) is 0 Å². The lowest BCUT2D eigenvalue weighted by molar-refractivity contribution is 0.342. The fourth-order valence-corrected chi connectivity index (χ4v) is 3.14. The van der Waals surface area contributed by atoms with Crippen LogP contribution in [0.1, 0.15) is 43.0 Å². The summed E-state index contributed by atoms with van der Waals surface area (Å²) >= 11 is 0. The number of anilines is 1. The zero-order chi connectivity index (χ0) is 15.7. The summed E-state index contributed by atoms with van der Waals surface area (Å²) in [5.74, 6) is 0.764. The Morgan fingerprint density at radius 2 is 2.23 bits per heavy atom. The second kappa shape index (κ2) is 5.76. The third-order valence-electron chi connectivity index (χ3n) is 4.26. The molecule has 1 aromatic heterocycles. The number of nitrogens with zero attached hydrogens (tertiary/aromatic N) is 4. The maximum absolute atomic E-state index is 13.9. The molecule has 2 aromatic rings. The zero-order valence-corrected chi connectivity index (χ0v) is 12.6. The van der Waals surface area contributed by atoms with Crippen LogP contribution < -0.4 is 4.90 Å². The third kappa shape index (κ3) is 2.43. The average molecular weight is 300 g/mol. The van der Waals surface area contributed by atoms with Crippen molar-refractivity contribution in [1.82, 2.24) is 10.2 Å². The lowest BCUT2D eigenvalue weighted by atomic mass is 9.89. The van der Waals surface area contributed by atoms with Crippen LogP contribution in [0.4, 0.5) is 10.1 Å². The highest BCUT2D eigenvalue weighted by Crippen LogP contribution is 2.36. The molecular formula is C16H17FN4O. The molecule has 2 atom stereocenters. The number of piperidine rings is 1. The predicted molar refractivity (Wildman–Crippen MR) is 78.9 cm³/mol. The minimum Gasteiger partial charge on any atom is -0.425 e. The Kier molecular flexibility index (Phi) is 3.80. The molecule has 1 aromatic carbocycles. The van der Waals surface area contributed by atoms with Crippen LogP contribution in [0, 0.1) is 24.1 Å². The molecule has 0 amide bonds. The van der Waals surface area contributed by atoms with Gasteiger partial charge in [-0.05, 0) is 31.9 Å². The van der Waals surface area contributed by atoms with E-state index in [1.165, 1.54) is 6.07 Å². The third-order valence-corrected chi connectivity index (χ3v) is 4.26. The fraction of sp³-hybridized carbons (Fsp3) is 0.438. The highest BCUT2D eigenvalue weighted by Gasteiger charge is 2.34. The summed E-state index contributed by atoms with van der Waals surface area (Å²) in [5, 5.41) is 17.3. The van der Waals surface area contributed by atoms with Crippen LogP contribution in [0.5, 0.6) is 0 Å². The van der Waals surface area contributed by atoms with E-state index in [1.54, 1.807) is 19.1 Å². The number of aromatic nitrogens is 2. The Morgan fingerprint density at radius 1 is 1.41 bits per heavy atom. The average Bonchev–Trinajstić information content (AvgIpc) is 2.93. The SMILES string of the molecule is Cc1nnc([C@H]2CCCN(c3cccc(F)c3C#N)[C@H]2C)o1. The smallest absolute Gasteiger partial charge is 0.221 e. The molecule has 114 valence electrons. The molecular weight excluding hydrogens is 283 g/mol. The molecule has 0 N–H and O–H groups in total. The monoisotopic (exact) mass is 300 g/mol. The van der Waals surface area contributed by atoms with Gasteiger partial charge in [-0.3, -0.25) is 0 Å². The number of aryl methyl sites for hydroxylation is 1. The normalized spacial score (nSPS) is 21.6. The van der Waals surface area contributed by atoms with Crippen LogP contribution in [-0.2, 0) is 0 Å². The molecule has 0 unspecified atom stereocenters. The van der Waals surface area contributed by atoms with E-state index in [0.29, 0.717) is 17.5 Å². The quantitative estimate of drug-likeness (QED) is 0.852. The van der Waals surface area contributed by atoms with Crippen LogP contribution in [0.25, 0.3) is 0 Å². The number of halogens is 1. The highest BCUT2D eigenvalue weighted by atomic mass is 19.1. The van der Waals surface area contributed by atoms with E-state index in [9.17, 15) is 9.65 Å². The highest BCUT2D eigenvalue weighted by molar-refractivity contribution is 5.61. The van der Waals surface area contributed by atoms with E-state index in [-0.39, 0.29) is 17.5 Å². The maximum Gasteiger partial charge on any atom is 0.221 e. The lowest BCUT2D eigenvalue weighted by Crippen LogP contribution is -2.43. The Bertz CT molecular complexity index is 721. The zero-order valence-electron chi connectivity index (χ0n) is 12.6. The van der Waals surface area contributed by atoms with Gasteiger partial charge in [0.15, 0.2) is 0 Å². The van der Waals surface area contributed by atoms with Crippen molar-refractivity contribution in [1.29, 1.82) is 5.26 Å². The largest absolute Gasteiger partial charge is 0.425 e. The molecule has 0 radical (unpaired) electrons. The fourth-order valence-electron chi connectivity index (χ4n) is 3.14. The van der Waals surface area contributed by atoms with Crippen molar-refractivity contribution >= 4 is 5.69 Å². The van der Waals surface area contributed by atoms with E-state index >= 15 is 0 Å². The molecule has 0 bridgehead atoms. The second-order valence-electron chi connectivity index (χ2n) is 5.59. The van der Waals surface area contributed by atoms with E-state index in [1.807, 2.05) is 6.07 Å². The van der Waals surface area contributed by atoms with Crippen molar-refractivity contribution in [2.75, 3.05) is 11.4 Å². The number of hydrogen-bond donors (Lipinski definition) is 0. The van der Waals surface area contributed by atoms with E-state index in [4.69, 9.17) is 4.42 Å². The van der Waals surface area contributed by atoms with Gasteiger partial charge < -0.3 is 9.32 Å². The van der Waals surface area contributed by atoms with E-state index < -0.39 is 5.82 Å². The topological polar surface area (TPSA) is 66.0 Å². The first-order valence-electron chi connectivity index (χ1n) is 7.37.